The van der Waals surface area contributed by atoms with Crippen molar-refractivity contribution in [1.29, 1.82) is 0 Å². The summed E-state index contributed by atoms with van der Waals surface area (Å²) in [6.07, 6.45) is 0.183. The Balaban J connectivity index is 2.45. The number of fused-ring (bicyclic) bond motifs is 1. The molecule has 1 aromatic rings. The quantitative estimate of drug-likeness (QED) is 0.759. The number of carbonyl (C=O) groups excluding carboxylic acids is 1. The Morgan fingerprint density at radius 2 is 2.27 bits per heavy atom. The topological polar surface area (TPSA) is 49.8 Å². The highest BCUT2D eigenvalue weighted by Crippen LogP contribution is 2.36. The Labute approximate surface area is 88.1 Å². The number of likely N-dealkylation sites (N-methyl/N-ethyl adjacent to an activating group) is 1. The van der Waals surface area contributed by atoms with Crippen LogP contribution in [0.15, 0.2) is 18.2 Å². The van der Waals surface area contributed by atoms with E-state index in [1.807, 2.05) is 6.92 Å². The lowest BCUT2D eigenvalue weighted by molar-refractivity contribution is -0.126. The minimum atomic E-state index is -0.440. The summed E-state index contributed by atoms with van der Waals surface area (Å²) in [5, 5.41) is 9.32. The number of benzene rings is 1. The molecule has 1 N–H and O–H groups in total. The summed E-state index contributed by atoms with van der Waals surface area (Å²) in [6, 6.07) is 4.74. The van der Waals surface area contributed by atoms with Crippen molar-refractivity contribution in [3.8, 4) is 11.5 Å². The van der Waals surface area contributed by atoms with Crippen LogP contribution in [0.4, 0.5) is 5.69 Å². The Morgan fingerprint density at radius 1 is 1.53 bits per heavy atom. The fraction of sp³-hybridized carbons (Fsp3) is 0.364. The summed E-state index contributed by atoms with van der Waals surface area (Å²) in [5.41, 5.74) is 0.697. The molecule has 1 unspecified atom stereocenters. The molecule has 0 aliphatic carbocycles. The third-order valence-electron chi connectivity index (χ3n) is 2.55. The minimum Gasteiger partial charge on any atom is -0.508 e. The van der Waals surface area contributed by atoms with Crippen LogP contribution in [0.2, 0.25) is 0 Å². The van der Waals surface area contributed by atoms with Crippen LogP contribution in [0.5, 0.6) is 11.5 Å². The number of ether oxygens (including phenoxy) is 1. The van der Waals surface area contributed by atoms with Gasteiger partial charge in [0.1, 0.15) is 11.5 Å². The lowest BCUT2D eigenvalue weighted by Gasteiger charge is -2.31. The molecular formula is C11H13NO3. The zero-order valence-electron chi connectivity index (χ0n) is 8.73. The first-order valence-corrected chi connectivity index (χ1v) is 4.90. The number of hydrogen-bond donors (Lipinski definition) is 1. The third-order valence-corrected chi connectivity index (χ3v) is 2.55. The molecule has 4 heteroatoms. The van der Waals surface area contributed by atoms with Gasteiger partial charge in [0.2, 0.25) is 0 Å². The van der Waals surface area contributed by atoms with E-state index in [9.17, 15) is 9.90 Å². The number of amides is 1. The van der Waals surface area contributed by atoms with Gasteiger partial charge in [-0.2, -0.15) is 0 Å². The average molecular weight is 207 g/mol. The van der Waals surface area contributed by atoms with Crippen molar-refractivity contribution < 1.29 is 14.6 Å². The summed E-state index contributed by atoms with van der Waals surface area (Å²) in [5.74, 6) is 0.658. The molecule has 80 valence electrons. The molecule has 0 spiro atoms. The van der Waals surface area contributed by atoms with Gasteiger partial charge in [0, 0.05) is 13.1 Å². The fourth-order valence-electron chi connectivity index (χ4n) is 1.67. The first-order chi connectivity index (χ1) is 7.13. The van der Waals surface area contributed by atoms with Gasteiger partial charge in [0.05, 0.1) is 5.69 Å². The maximum absolute atomic E-state index is 11.7. The van der Waals surface area contributed by atoms with Gasteiger partial charge >= 0.3 is 0 Å². The Kier molecular flexibility index (Phi) is 2.26. The predicted molar refractivity (Wildman–Crippen MR) is 56.2 cm³/mol. The third kappa shape index (κ3) is 1.52. The summed E-state index contributed by atoms with van der Waals surface area (Å²) in [4.78, 5) is 13.3. The fourth-order valence-corrected chi connectivity index (χ4v) is 1.67. The van der Waals surface area contributed by atoms with Gasteiger partial charge in [-0.05, 0) is 18.6 Å². The second-order valence-corrected chi connectivity index (χ2v) is 3.56. The second kappa shape index (κ2) is 3.46. The van der Waals surface area contributed by atoms with E-state index < -0.39 is 6.10 Å². The SMILES string of the molecule is CCC1Oc2cc(O)ccc2N(C)C1=O. The maximum Gasteiger partial charge on any atom is 0.267 e. The number of phenols is 1. The zero-order valence-corrected chi connectivity index (χ0v) is 8.73. The molecule has 1 aliphatic heterocycles. The molecule has 1 aliphatic rings. The van der Waals surface area contributed by atoms with Gasteiger partial charge in [0.25, 0.3) is 5.91 Å². The predicted octanol–water partition coefficient (Wildman–Crippen LogP) is 1.53. The lowest BCUT2D eigenvalue weighted by Crippen LogP contribution is -2.43. The number of aromatic hydroxyl groups is 1. The number of carbonyl (C=O) groups is 1. The first-order valence-electron chi connectivity index (χ1n) is 4.90. The molecule has 1 atom stereocenters. The minimum absolute atomic E-state index is 0.0457. The van der Waals surface area contributed by atoms with E-state index in [0.29, 0.717) is 17.9 Å². The molecule has 0 saturated heterocycles. The maximum atomic E-state index is 11.7. The van der Waals surface area contributed by atoms with Crippen LogP contribution in [0, 0.1) is 0 Å². The molecule has 4 nitrogen and oxygen atoms in total. The van der Waals surface area contributed by atoms with E-state index in [2.05, 4.69) is 0 Å². The highest BCUT2D eigenvalue weighted by atomic mass is 16.5. The van der Waals surface area contributed by atoms with Crippen molar-refractivity contribution in [3.05, 3.63) is 18.2 Å². The van der Waals surface area contributed by atoms with Gasteiger partial charge in [-0.1, -0.05) is 6.92 Å². The zero-order chi connectivity index (χ0) is 11.0. The van der Waals surface area contributed by atoms with Crippen LogP contribution in [0.3, 0.4) is 0 Å². The van der Waals surface area contributed by atoms with Crippen LogP contribution in [-0.2, 0) is 4.79 Å². The Bertz CT molecular complexity index is 403. The monoisotopic (exact) mass is 207 g/mol. The molecule has 15 heavy (non-hydrogen) atoms. The van der Waals surface area contributed by atoms with Gasteiger partial charge in [-0.25, -0.2) is 0 Å². The van der Waals surface area contributed by atoms with Crippen LogP contribution in [0.25, 0.3) is 0 Å². The van der Waals surface area contributed by atoms with Crippen LogP contribution >= 0.6 is 0 Å². The molecule has 0 aromatic heterocycles. The number of nitrogens with zero attached hydrogens (tertiary/aromatic N) is 1. The van der Waals surface area contributed by atoms with Crippen LogP contribution < -0.4 is 9.64 Å². The van der Waals surface area contributed by atoms with Gasteiger partial charge in [-0.15, -0.1) is 0 Å². The normalized spacial score (nSPS) is 19.7. The van der Waals surface area contributed by atoms with Crippen LogP contribution in [0.1, 0.15) is 13.3 Å². The molecule has 1 aromatic carbocycles. The van der Waals surface area contributed by atoms with Crippen molar-refractivity contribution in [2.45, 2.75) is 19.4 Å². The van der Waals surface area contributed by atoms with E-state index in [4.69, 9.17) is 4.74 Å². The molecule has 0 saturated carbocycles. The number of phenolic OH excluding ortho intramolecular Hbond substituents is 1. The van der Waals surface area contributed by atoms with E-state index in [1.165, 1.54) is 12.1 Å². The smallest absolute Gasteiger partial charge is 0.267 e. The van der Waals surface area contributed by atoms with E-state index in [1.54, 1.807) is 18.0 Å². The van der Waals surface area contributed by atoms with Crippen molar-refractivity contribution in [2.24, 2.45) is 0 Å². The summed E-state index contributed by atoms with van der Waals surface area (Å²) in [7, 11) is 1.71. The van der Waals surface area contributed by atoms with E-state index >= 15 is 0 Å². The summed E-state index contributed by atoms with van der Waals surface area (Å²) < 4.78 is 5.49. The number of rotatable bonds is 1. The lowest BCUT2D eigenvalue weighted by atomic mass is 10.1. The van der Waals surface area contributed by atoms with Gasteiger partial charge < -0.3 is 14.7 Å². The van der Waals surface area contributed by atoms with Crippen molar-refractivity contribution in [3.63, 3.8) is 0 Å². The Morgan fingerprint density at radius 3 is 2.93 bits per heavy atom. The largest absolute Gasteiger partial charge is 0.508 e. The van der Waals surface area contributed by atoms with E-state index in [-0.39, 0.29) is 11.7 Å². The molecule has 1 amide bonds. The molecule has 0 radical (unpaired) electrons. The second-order valence-electron chi connectivity index (χ2n) is 3.56. The summed E-state index contributed by atoms with van der Waals surface area (Å²) in [6.45, 7) is 1.89. The highest BCUT2D eigenvalue weighted by molar-refractivity contribution is 5.99. The van der Waals surface area contributed by atoms with Crippen LogP contribution in [-0.4, -0.2) is 24.2 Å². The Hall–Kier alpha value is -1.71. The van der Waals surface area contributed by atoms with Crippen molar-refractivity contribution in [2.75, 3.05) is 11.9 Å². The highest BCUT2D eigenvalue weighted by Gasteiger charge is 2.30. The molecule has 0 fully saturated rings. The molecule has 0 bridgehead atoms. The average Bonchev–Trinajstić information content (AvgIpc) is 2.23. The van der Waals surface area contributed by atoms with Gasteiger partial charge in [0.15, 0.2) is 6.10 Å². The van der Waals surface area contributed by atoms with Gasteiger partial charge in [-0.3, -0.25) is 4.79 Å². The number of anilines is 1. The van der Waals surface area contributed by atoms with Crippen molar-refractivity contribution >= 4 is 11.6 Å². The molecular weight excluding hydrogens is 194 g/mol. The summed E-state index contributed by atoms with van der Waals surface area (Å²) >= 11 is 0. The molecule has 2 rings (SSSR count). The first kappa shape index (κ1) is 9.83. The standard InChI is InChI=1S/C11H13NO3/c1-3-9-11(14)12(2)8-5-4-7(13)6-10(8)15-9/h4-6,9,13H,3H2,1-2H3. The number of hydrogen-bond acceptors (Lipinski definition) is 3. The van der Waals surface area contributed by atoms with Crippen molar-refractivity contribution in [1.82, 2.24) is 0 Å². The van der Waals surface area contributed by atoms with E-state index in [0.717, 1.165) is 0 Å². The molecule has 1 heterocycles.